The number of thioether (sulfide) groups is 1. The summed E-state index contributed by atoms with van der Waals surface area (Å²) in [7, 11) is 0. The first-order chi connectivity index (χ1) is 8.08. The van der Waals surface area contributed by atoms with Gasteiger partial charge in [-0.05, 0) is 36.3 Å². The van der Waals surface area contributed by atoms with Gasteiger partial charge in [-0.2, -0.15) is 0 Å². The van der Waals surface area contributed by atoms with Crippen LogP contribution in [0.2, 0.25) is 0 Å². The first kappa shape index (κ1) is 12.9. The molecule has 2 N–H and O–H groups in total. The van der Waals surface area contributed by atoms with E-state index in [2.05, 4.69) is 27.3 Å². The van der Waals surface area contributed by atoms with E-state index in [1.165, 1.54) is 5.56 Å². The number of carbonyl (C=O) groups is 1. The molecule has 92 valence electrons. The monoisotopic (exact) mass is 315 g/mol. The molecule has 1 aromatic rings. The highest BCUT2D eigenvalue weighted by Gasteiger charge is 2.28. The van der Waals surface area contributed by atoms with Gasteiger partial charge >= 0.3 is 5.97 Å². The number of rotatable bonds is 2. The van der Waals surface area contributed by atoms with Crippen LogP contribution < -0.4 is 5.32 Å². The summed E-state index contributed by atoms with van der Waals surface area (Å²) in [6.45, 7) is 2.04. The van der Waals surface area contributed by atoms with Crippen molar-refractivity contribution >= 4 is 33.7 Å². The van der Waals surface area contributed by atoms with Gasteiger partial charge < -0.3 is 5.11 Å². The van der Waals surface area contributed by atoms with E-state index < -0.39 is 12.0 Å². The fraction of sp³-hybridized carbons (Fsp3) is 0.417. The van der Waals surface area contributed by atoms with Crippen LogP contribution in [0.15, 0.2) is 22.7 Å². The van der Waals surface area contributed by atoms with Gasteiger partial charge in [-0.25, -0.2) is 0 Å². The van der Waals surface area contributed by atoms with E-state index in [9.17, 15) is 4.79 Å². The van der Waals surface area contributed by atoms with Gasteiger partial charge in [0.25, 0.3) is 0 Å². The summed E-state index contributed by atoms with van der Waals surface area (Å²) in [5.74, 6) is 0.105. The molecular formula is C12H14BrNO2S. The van der Waals surface area contributed by atoms with Crippen LogP contribution in [-0.2, 0) is 4.79 Å². The van der Waals surface area contributed by atoms with E-state index in [0.29, 0.717) is 6.42 Å². The molecule has 0 saturated carbocycles. The summed E-state index contributed by atoms with van der Waals surface area (Å²) in [5, 5.41) is 12.3. The van der Waals surface area contributed by atoms with Gasteiger partial charge in [0.2, 0.25) is 0 Å². The first-order valence-electron chi connectivity index (χ1n) is 5.44. The Kier molecular flexibility index (Phi) is 4.12. The van der Waals surface area contributed by atoms with Crippen LogP contribution in [0.4, 0.5) is 0 Å². The molecule has 0 spiro atoms. The minimum Gasteiger partial charge on any atom is -0.480 e. The number of aliphatic carboxylic acids is 1. The zero-order valence-electron chi connectivity index (χ0n) is 9.44. The maximum atomic E-state index is 11.0. The zero-order valence-corrected chi connectivity index (χ0v) is 11.8. The molecule has 5 heteroatoms. The lowest BCUT2D eigenvalue weighted by Gasteiger charge is -2.29. The SMILES string of the molecule is Cc1ccc(C2NC(C(=O)O)CCS2)c(Br)c1. The normalized spacial score (nSPS) is 24.6. The third-order valence-electron chi connectivity index (χ3n) is 2.78. The Morgan fingerprint density at radius 3 is 3.00 bits per heavy atom. The maximum Gasteiger partial charge on any atom is 0.320 e. The van der Waals surface area contributed by atoms with Crippen molar-refractivity contribution in [3.63, 3.8) is 0 Å². The van der Waals surface area contributed by atoms with E-state index in [4.69, 9.17) is 5.11 Å². The Balaban J connectivity index is 2.19. The van der Waals surface area contributed by atoms with Crippen LogP contribution >= 0.6 is 27.7 Å². The van der Waals surface area contributed by atoms with Crippen LogP contribution in [0.25, 0.3) is 0 Å². The number of hydrogen-bond acceptors (Lipinski definition) is 3. The molecule has 0 aromatic heterocycles. The highest BCUT2D eigenvalue weighted by molar-refractivity contribution is 9.10. The van der Waals surface area contributed by atoms with Crippen molar-refractivity contribution in [3.05, 3.63) is 33.8 Å². The number of aryl methyl sites for hydroxylation is 1. The fourth-order valence-electron chi connectivity index (χ4n) is 1.84. The van der Waals surface area contributed by atoms with Gasteiger partial charge in [-0.1, -0.05) is 28.1 Å². The van der Waals surface area contributed by atoms with Crippen molar-refractivity contribution in [3.8, 4) is 0 Å². The minimum atomic E-state index is -0.765. The molecule has 0 amide bonds. The van der Waals surface area contributed by atoms with Crippen molar-refractivity contribution in [1.29, 1.82) is 0 Å². The molecule has 1 heterocycles. The predicted octanol–water partition coefficient (Wildman–Crippen LogP) is 2.94. The van der Waals surface area contributed by atoms with Crippen molar-refractivity contribution in [2.45, 2.75) is 24.8 Å². The average Bonchev–Trinajstić information content (AvgIpc) is 2.29. The highest BCUT2D eigenvalue weighted by Crippen LogP contribution is 2.35. The number of benzene rings is 1. The molecule has 17 heavy (non-hydrogen) atoms. The lowest BCUT2D eigenvalue weighted by molar-refractivity contribution is -0.139. The molecule has 1 aromatic carbocycles. The molecule has 1 aliphatic heterocycles. The standard InChI is InChI=1S/C12H14BrNO2S/c1-7-2-3-8(9(13)6-7)11-14-10(12(15)16)4-5-17-11/h2-3,6,10-11,14H,4-5H2,1H3,(H,15,16). The minimum absolute atomic E-state index is 0.0554. The Labute approximate surface area is 113 Å². The summed E-state index contributed by atoms with van der Waals surface area (Å²) < 4.78 is 1.04. The second-order valence-corrected chi connectivity index (χ2v) is 6.19. The summed E-state index contributed by atoms with van der Waals surface area (Å²) in [6, 6.07) is 5.72. The van der Waals surface area contributed by atoms with Gasteiger partial charge in [-0.15, -0.1) is 11.8 Å². The summed E-state index contributed by atoms with van der Waals surface area (Å²) in [5.41, 5.74) is 2.31. The topological polar surface area (TPSA) is 49.3 Å². The summed E-state index contributed by atoms with van der Waals surface area (Å²) in [4.78, 5) is 11.0. The lowest BCUT2D eigenvalue weighted by atomic mass is 10.1. The molecule has 2 rings (SSSR count). The molecule has 0 aliphatic carbocycles. The molecule has 1 fully saturated rings. The number of nitrogens with one attached hydrogen (secondary N) is 1. The molecule has 0 bridgehead atoms. The van der Waals surface area contributed by atoms with Crippen molar-refractivity contribution < 1.29 is 9.90 Å². The molecule has 0 radical (unpaired) electrons. The van der Waals surface area contributed by atoms with Crippen LogP contribution in [-0.4, -0.2) is 22.9 Å². The smallest absolute Gasteiger partial charge is 0.320 e. The average molecular weight is 316 g/mol. The van der Waals surface area contributed by atoms with Crippen LogP contribution in [0.5, 0.6) is 0 Å². The Morgan fingerprint density at radius 2 is 2.35 bits per heavy atom. The highest BCUT2D eigenvalue weighted by atomic mass is 79.9. The number of halogens is 1. The molecule has 3 nitrogen and oxygen atoms in total. The number of hydrogen-bond donors (Lipinski definition) is 2. The molecule has 1 aliphatic rings. The molecule has 1 saturated heterocycles. The van der Waals surface area contributed by atoms with Crippen molar-refractivity contribution in [1.82, 2.24) is 5.32 Å². The Hall–Kier alpha value is -0.520. The van der Waals surface area contributed by atoms with Crippen molar-refractivity contribution in [2.24, 2.45) is 0 Å². The second kappa shape index (κ2) is 5.42. The fourth-order valence-corrected chi connectivity index (χ4v) is 3.96. The molecule has 2 unspecified atom stereocenters. The van der Waals surface area contributed by atoms with Gasteiger partial charge in [0.1, 0.15) is 6.04 Å². The van der Waals surface area contributed by atoms with Crippen molar-refractivity contribution in [2.75, 3.05) is 5.75 Å². The van der Waals surface area contributed by atoms with E-state index in [1.807, 2.05) is 19.1 Å². The largest absolute Gasteiger partial charge is 0.480 e. The quantitative estimate of drug-likeness (QED) is 0.881. The van der Waals surface area contributed by atoms with E-state index in [1.54, 1.807) is 11.8 Å². The van der Waals surface area contributed by atoms with Crippen LogP contribution in [0.3, 0.4) is 0 Å². The van der Waals surface area contributed by atoms with Crippen LogP contribution in [0, 0.1) is 6.92 Å². The molecule has 2 atom stereocenters. The van der Waals surface area contributed by atoms with E-state index in [0.717, 1.165) is 15.8 Å². The van der Waals surface area contributed by atoms with E-state index in [-0.39, 0.29) is 5.37 Å². The van der Waals surface area contributed by atoms with Gasteiger partial charge in [-0.3, -0.25) is 10.1 Å². The number of carboxylic acid groups (broad SMARTS) is 1. The number of carboxylic acids is 1. The zero-order chi connectivity index (χ0) is 12.4. The predicted molar refractivity (Wildman–Crippen MR) is 73.3 cm³/mol. The third kappa shape index (κ3) is 3.03. The van der Waals surface area contributed by atoms with Crippen LogP contribution in [0.1, 0.15) is 22.9 Å². The lowest BCUT2D eigenvalue weighted by Crippen LogP contribution is -2.41. The van der Waals surface area contributed by atoms with E-state index >= 15 is 0 Å². The van der Waals surface area contributed by atoms with Gasteiger partial charge in [0.05, 0.1) is 5.37 Å². The van der Waals surface area contributed by atoms with Gasteiger partial charge in [0, 0.05) is 4.47 Å². The summed E-state index contributed by atoms with van der Waals surface area (Å²) in [6.07, 6.45) is 0.681. The Morgan fingerprint density at radius 1 is 1.59 bits per heavy atom. The molecular weight excluding hydrogens is 302 g/mol. The summed E-state index contributed by atoms with van der Waals surface area (Å²) >= 11 is 5.29. The van der Waals surface area contributed by atoms with Gasteiger partial charge in [0.15, 0.2) is 0 Å². The first-order valence-corrected chi connectivity index (χ1v) is 7.28. The maximum absolute atomic E-state index is 11.0. The second-order valence-electron chi connectivity index (χ2n) is 4.12. The Bertz CT molecular complexity index is 439. The third-order valence-corrected chi connectivity index (χ3v) is 4.66.